The van der Waals surface area contributed by atoms with Gasteiger partial charge in [-0.05, 0) is 117 Å². The van der Waals surface area contributed by atoms with Gasteiger partial charge in [-0.1, -0.05) is 24.3 Å². The summed E-state index contributed by atoms with van der Waals surface area (Å²) in [6.45, 7) is 5.85. The minimum Gasteiger partial charge on any atom is -0.744 e. The molecule has 3 heterocycles. The summed E-state index contributed by atoms with van der Waals surface area (Å²) in [5, 5.41) is -0.0118. The Bertz CT molecular complexity index is 3840. The first kappa shape index (κ1) is 58.9. The molecule has 416 valence electrons. The van der Waals surface area contributed by atoms with Crippen LogP contribution in [-0.2, 0) is 85.4 Å². The van der Waals surface area contributed by atoms with Gasteiger partial charge < -0.3 is 32.7 Å². The van der Waals surface area contributed by atoms with Gasteiger partial charge in [0.1, 0.15) is 47.0 Å². The Kier molecular flexibility index (Phi) is 16.7. The first-order chi connectivity index (χ1) is 35.8. The Morgan fingerprint density at radius 2 is 1.27 bits per heavy atom. The van der Waals surface area contributed by atoms with Gasteiger partial charge in [-0.25, -0.2) is 38.5 Å². The molecule has 0 aliphatic carbocycles. The lowest BCUT2D eigenvalue weighted by Gasteiger charge is -2.30. The van der Waals surface area contributed by atoms with Crippen LogP contribution in [0.25, 0.3) is 21.5 Å². The van der Waals surface area contributed by atoms with Gasteiger partial charge in [-0.15, -0.1) is 5.06 Å². The molecule has 2 amide bonds. The molecule has 4 aromatic carbocycles. The highest BCUT2D eigenvalue weighted by molar-refractivity contribution is 7.87. The molecule has 23 nitrogen and oxygen atoms in total. The molecule has 1 saturated heterocycles. The van der Waals surface area contributed by atoms with Crippen molar-refractivity contribution in [3.8, 4) is 0 Å². The summed E-state index contributed by atoms with van der Waals surface area (Å²) >= 11 is 0. The summed E-state index contributed by atoms with van der Waals surface area (Å²) in [6.07, 6.45) is 8.61. The predicted molar refractivity (Wildman–Crippen MR) is 271 cm³/mol. The number of likely N-dealkylation sites (N-methyl/N-ethyl adjacent to an activating group) is 1. The van der Waals surface area contributed by atoms with Crippen LogP contribution in [0, 0.1) is 0 Å². The van der Waals surface area contributed by atoms with Crippen molar-refractivity contribution in [1.82, 2.24) is 5.06 Å². The van der Waals surface area contributed by atoms with Crippen LogP contribution in [0.15, 0.2) is 104 Å². The van der Waals surface area contributed by atoms with E-state index in [4.69, 9.17) is 9.57 Å². The number of unbranched alkanes of at least 4 members (excludes halogenated alkanes) is 2. The molecule has 2 atom stereocenters. The monoisotopic (exact) mass is 1160 g/mol. The van der Waals surface area contributed by atoms with Gasteiger partial charge in [0.15, 0.2) is 5.71 Å². The number of hydroxylamine groups is 2. The van der Waals surface area contributed by atoms with Crippen LogP contribution in [0.2, 0.25) is 0 Å². The number of allylic oxidation sites excluding steroid dienone is 6. The van der Waals surface area contributed by atoms with E-state index in [-0.39, 0.29) is 85.2 Å². The second kappa shape index (κ2) is 21.8. The summed E-state index contributed by atoms with van der Waals surface area (Å²) in [5.41, 5.74) is -0.0186. The van der Waals surface area contributed by atoms with E-state index in [0.717, 1.165) is 12.1 Å². The van der Waals surface area contributed by atoms with Gasteiger partial charge in [0.2, 0.25) is 5.69 Å². The van der Waals surface area contributed by atoms with E-state index < -0.39 is 105 Å². The normalized spacial score (nSPS) is 20.0. The molecule has 1 N–H and O–H groups in total. The van der Waals surface area contributed by atoms with Gasteiger partial charge in [-0.3, -0.25) is 14.1 Å². The van der Waals surface area contributed by atoms with Crippen molar-refractivity contribution in [3.05, 3.63) is 95.7 Å². The van der Waals surface area contributed by atoms with Crippen LogP contribution >= 0.6 is 0 Å². The van der Waals surface area contributed by atoms with Crippen LogP contribution in [0.4, 0.5) is 11.4 Å². The average Bonchev–Trinajstić information content (AvgIpc) is 3.89. The van der Waals surface area contributed by atoms with Crippen LogP contribution < -0.4 is 4.90 Å². The number of hydrogen-bond acceptors (Lipinski definition) is 20. The predicted octanol–water partition coefficient (Wildman–Crippen LogP) is 4.63. The number of fused-ring (bicyclic) bond motifs is 6. The maximum atomic E-state index is 12.7. The molecule has 3 aliphatic heterocycles. The maximum absolute atomic E-state index is 12.7. The molecule has 0 spiro atoms. The fourth-order valence-electron chi connectivity index (χ4n) is 10.6. The zero-order valence-electron chi connectivity index (χ0n) is 41.8. The highest BCUT2D eigenvalue weighted by Crippen LogP contribution is 2.54. The third-order valence-corrected chi connectivity index (χ3v) is 18.2. The largest absolute Gasteiger partial charge is 0.744 e. The maximum Gasteiger partial charge on any atom is 0.333 e. The number of benzene rings is 4. The van der Waals surface area contributed by atoms with Crippen LogP contribution in [-0.4, -0.2) is 131 Å². The van der Waals surface area contributed by atoms with E-state index >= 15 is 0 Å². The number of hydrogen-bond donors (Lipinski definition) is 1. The first-order valence-electron chi connectivity index (χ1n) is 23.8. The lowest BCUT2D eigenvalue weighted by molar-refractivity contribution is -0.438. The molecule has 4 aromatic rings. The van der Waals surface area contributed by atoms with E-state index in [9.17, 15) is 79.2 Å². The second-order valence-corrected chi connectivity index (χ2v) is 26.0. The van der Waals surface area contributed by atoms with Crippen molar-refractivity contribution in [3.63, 3.8) is 0 Å². The summed E-state index contributed by atoms with van der Waals surface area (Å²) in [6, 6.07) is 8.69. The van der Waals surface area contributed by atoms with E-state index in [1.165, 1.54) is 25.3 Å². The Hall–Kier alpha value is -5.79. The number of ether oxygens (including phenoxy) is 1. The Morgan fingerprint density at radius 1 is 0.701 bits per heavy atom. The van der Waals surface area contributed by atoms with Crippen molar-refractivity contribution < 1.29 is 93.4 Å². The molecular formula is C49H52N3O20S5-3. The molecule has 0 radical (unpaired) electrons. The van der Waals surface area contributed by atoms with Gasteiger partial charge in [0.05, 0.1) is 30.7 Å². The Morgan fingerprint density at radius 3 is 1.81 bits per heavy atom. The molecular weight excluding hydrogens is 1110 g/mol. The zero-order valence-corrected chi connectivity index (χ0v) is 45.9. The average molecular weight is 1160 g/mol. The summed E-state index contributed by atoms with van der Waals surface area (Å²) in [5.74, 6) is -2.87. The summed E-state index contributed by atoms with van der Waals surface area (Å²) in [4.78, 5) is 39.6. The number of anilines is 1. The molecule has 2 unspecified atom stereocenters. The highest BCUT2D eigenvalue weighted by atomic mass is 32.2. The molecule has 7 rings (SSSR count). The number of amides is 2. The number of carbonyl (C=O) groups is 3. The topological polar surface area (TPSA) is 362 Å². The van der Waals surface area contributed by atoms with Crippen molar-refractivity contribution in [2.45, 2.75) is 109 Å². The van der Waals surface area contributed by atoms with Crippen molar-refractivity contribution in [2.75, 3.05) is 37.5 Å². The highest BCUT2D eigenvalue weighted by Gasteiger charge is 2.49. The smallest absolute Gasteiger partial charge is 0.333 e. The Balaban J connectivity index is 1.35. The Labute approximate surface area is 445 Å². The lowest BCUT2D eigenvalue weighted by Crippen LogP contribution is -2.32. The SMILES string of the molecule is CCN1C(=CC=CC=CC2=[N+](CCCCCC(=O)ON3C(=O)CCC3=O)c3ccc4c(S(=O)(=O)[O-])cc(S(=O)(=O)[O-])cc4c3C2(C)CCCS(=O)(=O)O)C(C)(CCOC)c2c1ccc1c(S(=O)(=O)[O-])cc(S(=O)(=O)[O-])cc21. The first-order valence-corrected chi connectivity index (χ1v) is 31.0. The van der Waals surface area contributed by atoms with E-state index in [2.05, 4.69) is 0 Å². The number of nitrogens with zero attached hydrogens (tertiary/aromatic N) is 3. The second-order valence-electron chi connectivity index (χ2n) is 19.0. The van der Waals surface area contributed by atoms with Gasteiger partial charge in [0.25, 0.3) is 21.9 Å². The molecule has 28 heteroatoms. The summed E-state index contributed by atoms with van der Waals surface area (Å²) < 4.78 is 192. The molecule has 0 bridgehead atoms. The van der Waals surface area contributed by atoms with Crippen molar-refractivity contribution >= 4 is 107 Å². The third kappa shape index (κ3) is 12.1. The minimum absolute atomic E-state index is 0.0335. The van der Waals surface area contributed by atoms with Crippen LogP contribution in [0.5, 0.6) is 0 Å². The van der Waals surface area contributed by atoms with Gasteiger partial charge in [-0.2, -0.15) is 13.0 Å². The van der Waals surface area contributed by atoms with E-state index in [1.54, 1.807) is 54.9 Å². The lowest BCUT2D eigenvalue weighted by atomic mass is 9.74. The van der Waals surface area contributed by atoms with Gasteiger partial charge in [0, 0.05) is 85.8 Å². The minimum atomic E-state index is -5.44. The van der Waals surface area contributed by atoms with Crippen LogP contribution in [0.1, 0.15) is 89.7 Å². The van der Waals surface area contributed by atoms with E-state index in [1.807, 2.05) is 11.8 Å². The quantitative estimate of drug-likeness (QED) is 0.0368. The van der Waals surface area contributed by atoms with Gasteiger partial charge >= 0.3 is 5.97 Å². The molecule has 0 aromatic heterocycles. The zero-order chi connectivity index (χ0) is 56.8. The number of imide groups is 1. The summed E-state index contributed by atoms with van der Waals surface area (Å²) in [7, 11) is -24.5. The van der Waals surface area contributed by atoms with Crippen molar-refractivity contribution in [2.24, 2.45) is 0 Å². The number of methoxy groups -OCH3 is 1. The third-order valence-electron chi connectivity index (χ3n) is 14.0. The fraction of sp³-hybridized carbons (Fsp3) is 0.388. The molecule has 1 fully saturated rings. The number of rotatable bonds is 22. The van der Waals surface area contributed by atoms with Crippen molar-refractivity contribution in [1.29, 1.82) is 0 Å². The van der Waals surface area contributed by atoms with E-state index in [0.29, 0.717) is 64.9 Å². The molecule has 3 aliphatic rings. The van der Waals surface area contributed by atoms with Crippen LogP contribution in [0.3, 0.4) is 0 Å². The standard InChI is InChI=1S/C49H55N3O20S5/c1-5-50-37-18-16-33-35(27-31(74(59,60)61)29-39(33)76(65,66)67)46(37)49(3,23-25-71-4)41(50)13-8-6-9-14-42-48(2,22-12-26-73(56,57)58)47-36-28-32(75(62,63)64)30-40(77(68,69)70)34(36)17-19-38(47)51(42)24-11-7-10-15-45(55)72-52-43(53)20-21-44(52)54/h6,8-9,13-14,16-19,27-30H,5,7,10-12,15,20-26H2,1-4H3,(H4-,56,57,58,59,60,61,62,63,64,65,66,67,68,69,70)/p-3. The molecule has 0 saturated carbocycles. The fourth-order valence-corrected chi connectivity index (χ4v) is 13.7. The number of carbonyl (C=O) groups excluding carboxylic acids is 3. The molecule has 77 heavy (non-hydrogen) atoms.